The average molecular weight is 547 g/mol. The van der Waals surface area contributed by atoms with Crippen molar-refractivity contribution in [3.05, 3.63) is 75.1 Å². The molecule has 1 aliphatic carbocycles. The van der Waals surface area contributed by atoms with Crippen molar-refractivity contribution in [2.45, 2.75) is 44.4 Å². The molecule has 1 amide bonds. The van der Waals surface area contributed by atoms with E-state index >= 15 is 0 Å². The molecule has 3 aromatic rings. The van der Waals surface area contributed by atoms with Crippen LogP contribution in [0.15, 0.2) is 53.4 Å². The first-order valence-electron chi connectivity index (χ1n) is 11.7. The van der Waals surface area contributed by atoms with Gasteiger partial charge in [-0.3, -0.25) is 9.10 Å². The average Bonchev–Trinajstić information content (AvgIpc) is 3.23. The highest BCUT2D eigenvalue weighted by molar-refractivity contribution is 7.92. The molecule has 0 atom stereocenters. The Hall–Kier alpha value is -2.88. The number of amides is 1. The molecule has 10 heteroatoms. The van der Waals surface area contributed by atoms with E-state index in [2.05, 4.69) is 5.32 Å². The molecule has 36 heavy (non-hydrogen) atoms. The molecular formula is C26H27ClN2O5S2. The molecular weight excluding hydrogens is 520 g/mol. The number of esters is 1. The zero-order valence-corrected chi connectivity index (χ0v) is 22.4. The number of nitrogens with one attached hydrogen (secondary N) is 1. The molecule has 0 radical (unpaired) electrons. The lowest BCUT2D eigenvalue weighted by Crippen LogP contribution is -2.38. The van der Waals surface area contributed by atoms with Crippen molar-refractivity contribution in [1.29, 1.82) is 0 Å². The summed E-state index contributed by atoms with van der Waals surface area (Å²) in [5.74, 6) is -1.05. The van der Waals surface area contributed by atoms with E-state index in [1.54, 1.807) is 50.2 Å². The summed E-state index contributed by atoms with van der Waals surface area (Å²) < 4.78 is 33.6. The Balaban J connectivity index is 1.70. The topological polar surface area (TPSA) is 92.8 Å². The third-order valence-corrected chi connectivity index (χ3v) is 9.42. The smallest absolute Gasteiger partial charge is 0.341 e. The van der Waals surface area contributed by atoms with Crippen molar-refractivity contribution in [2.75, 3.05) is 22.8 Å². The molecule has 1 heterocycles. The number of rotatable bonds is 8. The standard InChI is InChI=1S/C26H27ClN2O5S2/c1-3-34-26(31)24-19-12-7-8-15-22(19)35-25(24)28-23(30)16-29(21-14-9-13-20(27)17(21)2)36(32,33)18-10-5-4-6-11-18/h4-6,9-11,13-14H,3,7-8,12,15-16H2,1-2H3,(H,28,30). The molecule has 1 aliphatic rings. The van der Waals surface area contributed by atoms with E-state index in [1.807, 2.05) is 0 Å². The summed E-state index contributed by atoms with van der Waals surface area (Å²) in [6.07, 6.45) is 3.55. The number of hydrogen-bond donors (Lipinski definition) is 1. The fraction of sp³-hybridized carbons (Fsp3) is 0.308. The number of anilines is 2. The third-order valence-electron chi connectivity index (χ3n) is 6.03. The first kappa shape index (κ1) is 26.2. The number of carbonyl (C=O) groups excluding carboxylic acids is 2. The van der Waals surface area contributed by atoms with Gasteiger partial charge in [0, 0.05) is 9.90 Å². The fourth-order valence-electron chi connectivity index (χ4n) is 4.26. The lowest BCUT2D eigenvalue weighted by Gasteiger charge is -2.26. The van der Waals surface area contributed by atoms with E-state index in [1.165, 1.54) is 23.5 Å². The Bertz CT molecular complexity index is 1390. The van der Waals surface area contributed by atoms with Gasteiger partial charge in [-0.05, 0) is 74.9 Å². The molecule has 0 saturated heterocycles. The number of nitrogens with zero attached hydrogens (tertiary/aromatic N) is 1. The lowest BCUT2D eigenvalue weighted by atomic mass is 9.95. The maximum Gasteiger partial charge on any atom is 0.341 e. The molecule has 0 aliphatic heterocycles. The van der Waals surface area contributed by atoms with Gasteiger partial charge in [-0.25, -0.2) is 13.2 Å². The number of aryl methyl sites for hydroxylation is 1. The van der Waals surface area contributed by atoms with Crippen LogP contribution in [0.25, 0.3) is 0 Å². The van der Waals surface area contributed by atoms with Crippen molar-refractivity contribution < 1.29 is 22.7 Å². The van der Waals surface area contributed by atoms with Gasteiger partial charge >= 0.3 is 5.97 Å². The fourth-order valence-corrected chi connectivity index (χ4v) is 7.22. The zero-order chi connectivity index (χ0) is 25.9. The summed E-state index contributed by atoms with van der Waals surface area (Å²) in [4.78, 5) is 27.2. The Morgan fingerprint density at radius 2 is 1.81 bits per heavy atom. The molecule has 0 fully saturated rings. The monoisotopic (exact) mass is 546 g/mol. The van der Waals surface area contributed by atoms with E-state index in [0.717, 1.165) is 40.4 Å². The van der Waals surface area contributed by atoms with Crippen LogP contribution < -0.4 is 9.62 Å². The minimum atomic E-state index is -4.09. The van der Waals surface area contributed by atoms with Gasteiger partial charge in [-0.2, -0.15) is 0 Å². The largest absolute Gasteiger partial charge is 0.462 e. The van der Waals surface area contributed by atoms with Gasteiger partial charge in [0.2, 0.25) is 5.91 Å². The third kappa shape index (κ3) is 5.28. The predicted octanol–water partition coefficient (Wildman–Crippen LogP) is 5.60. The molecule has 2 aromatic carbocycles. The summed E-state index contributed by atoms with van der Waals surface area (Å²) >= 11 is 7.65. The SMILES string of the molecule is CCOC(=O)c1c(NC(=O)CN(c2cccc(Cl)c2C)S(=O)(=O)c2ccccc2)sc2c1CCCC2. The molecule has 0 saturated carbocycles. The van der Waals surface area contributed by atoms with Gasteiger partial charge in [-0.1, -0.05) is 35.9 Å². The van der Waals surface area contributed by atoms with Gasteiger partial charge in [0.15, 0.2) is 0 Å². The molecule has 1 N–H and O–H groups in total. The van der Waals surface area contributed by atoms with Gasteiger partial charge in [-0.15, -0.1) is 11.3 Å². The highest BCUT2D eigenvalue weighted by Gasteiger charge is 2.31. The first-order chi connectivity index (χ1) is 17.2. The van der Waals surface area contributed by atoms with Crippen molar-refractivity contribution in [1.82, 2.24) is 0 Å². The minimum Gasteiger partial charge on any atom is -0.462 e. The second-order valence-corrected chi connectivity index (χ2v) is 11.8. The maximum atomic E-state index is 13.6. The number of thiophene rings is 1. The molecule has 1 aromatic heterocycles. The second-order valence-electron chi connectivity index (χ2n) is 8.39. The molecule has 0 unspecified atom stereocenters. The van der Waals surface area contributed by atoms with Crippen LogP contribution in [-0.4, -0.2) is 33.4 Å². The molecule has 4 rings (SSSR count). The van der Waals surface area contributed by atoms with E-state index < -0.39 is 28.4 Å². The Morgan fingerprint density at radius 3 is 2.53 bits per heavy atom. The number of benzene rings is 2. The van der Waals surface area contributed by atoms with Crippen LogP contribution >= 0.6 is 22.9 Å². The number of carbonyl (C=O) groups is 2. The van der Waals surface area contributed by atoms with E-state index in [9.17, 15) is 18.0 Å². The van der Waals surface area contributed by atoms with Crippen molar-refractivity contribution in [3.63, 3.8) is 0 Å². The van der Waals surface area contributed by atoms with Crippen LogP contribution in [0.1, 0.15) is 46.1 Å². The number of ether oxygens (including phenoxy) is 1. The maximum absolute atomic E-state index is 13.6. The summed E-state index contributed by atoms with van der Waals surface area (Å²) in [6, 6.07) is 12.8. The molecule has 7 nitrogen and oxygen atoms in total. The van der Waals surface area contributed by atoms with Crippen LogP contribution in [-0.2, 0) is 32.4 Å². The van der Waals surface area contributed by atoms with Crippen LogP contribution in [0.4, 0.5) is 10.7 Å². The second kappa shape index (κ2) is 11.0. The Labute approximate surface area is 220 Å². The van der Waals surface area contributed by atoms with E-state index in [0.29, 0.717) is 26.8 Å². The van der Waals surface area contributed by atoms with Crippen LogP contribution in [0, 0.1) is 6.92 Å². The van der Waals surface area contributed by atoms with Crippen LogP contribution in [0.5, 0.6) is 0 Å². The first-order valence-corrected chi connectivity index (χ1v) is 14.3. The zero-order valence-electron chi connectivity index (χ0n) is 20.0. The van der Waals surface area contributed by atoms with Gasteiger partial charge in [0.1, 0.15) is 11.5 Å². The molecule has 0 spiro atoms. The number of fused-ring (bicyclic) bond motifs is 1. The van der Waals surface area contributed by atoms with Crippen molar-refractivity contribution in [3.8, 4) is 0 Å². The highest BCUT2D eigenvalue weighted by Crippen LogP contribution is 2.39. The Morgan fingerprint density at radius 1 is 1.08 bits per heavy atom. The van der Waals surface area contributed by atoms with E-state index in [4.69, 9.17) is 16.3 Å². The van der Waals surface area contributed by atoms with Gasteiger partial charge < -0.3 is 10.1 Å². The van der Waals surface area contributed by atoms with E-state index in [-0.39, 0.29) is 11.5 Å². The highest BCUT2D eigenvalue weighted by atomic mass is 35.5. The van der Waals surface area contributed by atoms with Crippen molar-refractivity contribution in [2.24, 2.45) is 0 Å². The quantitative estimate of drug-likeness (QED) is 0.371. The summed E-state index contributed by atoms with van der Waals surface area (Å²) in [5.41, 5.74) is 2.13. The Kier molecular flexibility index (Phi) is 8.02. The minimum absolute atomic E-state index is 0.0518. The number of halogens is 1. The molecule has 0 bridgehead atoms. The number of sulfonamides is 1. The van der Waals surface area contributed by atoms with Crippen molar-refractivity contribution >= 4 is 55.5 Å². The summed E-state index contributed by atoms with van der Waals surface area (Å²) in [5, 5.41) is 3.58. The predicted molar refractivity (Wildman–Crippen MR) is 143 cm³/mol. The summed E-state index contributed by atoms with van der Waals surface area (Å²) in [7, 11) is -4.09. The summed E-state index contributed by atoms with van der Waals surface area (Å²) in [6.45, 7) is 3.15. The van der Waals surface area contributed by atoms with Gasteiger partial charge in [0.25, 0.3) is 10.0 Å². The van der Waals surface area contributed by atoms with Crippen LogP contribution in [0.2, 0.25) is 5.02 Å². The molecule has 190 valence electrons. The van der Waals surface area contributed by atoms with Crippen LogP contribution in [0.3, 0.4) is 0 Å². The normalized spacial score (nSPS) is 13.1. The number of hydrogen-bond acceptors (Lipinski definition) is 6. The van der Waals surface area contributed by atoms with Gasteiger partial charge in [0.05, 0.1) is 22.8 Å². The lowest BCUT2D eigenvalue weighted by molar-refractivity contribution is -0.114.